The lowest BCUT2D eigenvalue weighted by Crippen LogP contribution is -2.40. The highest BCUT2D eigenvalue weighted by molar-refractivity contribution is 7.89. The number of sulfonamides is 2. The highest BCUT2D eigenvalue weighted by atomic mass is 32.2. The number of amidine groups is 1. The fraction of sp³-hybridized carbons (Fsp3) is 0.200. The molecule has 8 rings (SSSR count). The van der Waals surface area contributed by atoms with Crippen molar-refractivity contribution in [2.75, 3.05) is 10.6 Å². The summed E-state index contributed by atoms with van der Waals surface area (Å²) in [7, 11) is -7.57. The summed E-state index contributed by atoms with van der Waals surface area (Å²) in [6.45, 7) is 17.1. The number of ether oxygens (including phenoxy) is 2. The lowest BCUT2D eigenvalue weighted by molar-refractivity contribution is 0.255. The number of anilines is 2. The van der Waals surface area contributed by atoms with Gasteiger partial charge in [-0.25, -0.2) is 31.5 Å². The molecule has 17 nitrogen and oxygen atoms in total. The number of benzene rings is 6. The Labute approximate surface area is 461 Å². The van der Waals surface area contributed by atoms with Crippen LogP contribution in [0.25, 0.3) is 27.1 Å². The van der Waals surface area contributed by atoms with Gasteiger partial charge in [0.05, 0.1) is 41.0 Å². The summed E-state index contributed by atoms with van der Waals surface area (Å²) in [5.74, 6) is 1.07. The monoisotopic (exact) mass is 1100 g/mol. The van der Waals surface area contributed by atoms with Crippen LogP contribution in [0, 0.1) is 25.8 Å². The molecular weight excluding hydrogens is 1040 g/mol. The molecule has 0 fully saturated rings. The highest BCUT2D eigenvalue weighted by Gasteiger charge is 2.25. The first-order valence-corrected chi connectivity index (χ1v) is 28.0. The number of nitrogen functional groups attached to an aromatic ring is 1. The molecule has 0 bridgehead atoms. The predicted octanol–water partition coefficient (Wildman–Crippen LogP) is 10.0. The SMILES string of the molecule is Cc1ncc(CNc2ccc(-c3ccccc3S(N)(=O)=O)cc2)c(CO)c1OCc1ccc(C(=N)N)cc1.[C-]#[N+]c1ccc(COc2c(C)ncc(CNc3ccc(-c4ccccc4S(=O)(=O)NC(C)(C)C)cc3)c2CO)cc1. The van der Waals surface area contributed by atoms with E-state index in [-0.39, 0.29) is 42.1 Å². The number of nitrogens with zero attached hydrogens (tertiary/aromatic N) is 3. The zero-order valence-electron chi connectivity index (χ0n) is 44.4. The highest BCUT2D eigenvalue weighted by Crippen LogP contribution is 2.33. The van der Waals surface area contributed by atoms with Gasteiger partial charge in [0.15, 0.2) is 5.69 Å². The third-order valence-electron chi connectivity index (χ3n) is 12.4. The largest absolute Gasteiger partial charge is 0.487 e. The second-order valence-electron chi connectivity index (χ2n) is 19.4. The van der Waals surface area contributed by atoms with Crippen LogP contribution < -0.4 is 35.7 Å². The van der Waals surface area contributed by atoms with Gasteiger partial charge in [-0.15, -0.1) is 0 Å². The second-order valence-corrected chi connectivity index (χ2v) is 22.6. The van der Waals surface area contributed by atoms with Gasteiger partial charge in [-0.1, -0.05) is 109 Å². The summed E-state index contributed by atoms with van der Waals surface area (Å²) in [5, 5.41) is 39.9. The van der Waals surface area contributed by atoms with Crippen molar-refractivity contribution in [3.8, 4) is 33.8 Å². The van der Waals surface area contributed by atoms with E-state index in [4.69, 9.17) is 32.3 Å². The van der Waals surface area contributed by atoms with Crippen molar-refractivity contribution in [1.82, 2.24) is 14.7 Å². The Kier molecular flexibility index (Phi) is 19.0. The minimum Gasteiger partial charge on any atom is -0.487 e. The molecule has 0 aliphatic rings. The normalized spacial score (nSPS) is 11.4. The Morgan fingerprint density at radius 3 is 1.46 bits per heavy atom. The summed E-state index contributed by atoms with van der Waals surface area (Å²) in [6, 6.07) is 42.8. The Bertz CT molecular complexity index is 3700. The number of aromatic nitrogens is 2. The Morgan fingerprint density at radius 2 is 1.05 bits per heavy atom. The lowest BCUT2D eigenvalue weighted by Gasteiger charge is -2.21. The van der Waals surface area contributed by atoms with Crippen LogP contribution in [0.4, 0.5) is 17.1 Å². The molecule has 2 aromatic heterocycles. The number of aryl methyl sites for hydroxylation is 2. The van der Waals surface area contributed by atoms with Crippen molar-refractivity contribution in [3.05, 3.63) is 220 Å². The minimum absolute atomic E-state index is 0.00300. The molecule has 10 N–H and O–H groups in total. The van der Waals surface area contributed by atoms with Gasteiger partial charge in [0.2, 0.25) is 20.0 Å². The number of primary sulfonamides is 1. The number of hydrogen-bond donors (Lipinski definition) is 8. The summed E-state index contributed by atoms with van der Waals surface area (Å²) in [5.41, 5.74) is 16.4. The van der Waals surface area contributed by atoms with Gasteiger partial charge in [-0.2, -0.15) is 0 Å². The number of rotatable bonds is 20. The summed E-state index contributed by atoms with van der Waals surface area (Å²) in [6.07, 6.45) is 3.43. The fourth-order valence-corrected chi connectivity index (χ4v) is 10.8. The van der Waals surface area contributed by atoms with Crippen molar-refractivity contribution in [3.63, 3.8) is 0 Å². The first kappa shape index (κ1) is 58.2. The maximum atomic E-state index is 13.1. The van der Waals surface area contributed by atoms with E-state index in [1.54, 1.807) is 73.1 Å². The van der Waals surface area contributed by atoms with Gasteiger partial charge >= 0.3 is 0 Å². The molecular formula is C60H63N9O8S2. The van der Waals surface area contributed by atoms with Gasteiger partial charge in [0.1, 0.15) is 30.5 Å². The predicted molar refractivity (Wildman–Crippen MR) is 308 cm³/mol. The standard InChI is InChI=1S/C32H34N4O4S.C28H29N5O4S/c1-22-31(40-21-23-10-14-26(33-5)15-11-23)29(20-37)25(18-34-22)19-35-27-16-12-24(13-17-27)28-8-6-7-9-30(28)41(38,39)36-32(2,3)4;1-18-27(37-17-19-6-8-21(9-7-19)28(29)30)25(16-34)22(14-32-18)15-33-23-12-10-20(11-13-23)24-4-2-3-5-26(24)38(31,35)36/h6-18,35-37H,19-21H2,1-4H3;2-14,33-34H,15-17H2,1H3,(H3,29,30)(H2,31,35,36). The molecule has 79 heavy (non-hydrogen) atoms. The van der Waals surface area contributed by atoms with E-state index in [1.807, 2.05) is 113 Å². The Balaban J connectivity index is 0.000000229. The van der Waals surface area contributed by atoms with Crippen LogP contribution in [0.2, 0.25) is 0 Å². The maximum Gasteiger partial charge on any atom is 0.241 e. The molecule has 0 atom stereocenters. The van der Waals surface area contributed by atoms with Crippen molar-refractivity contribution in [2.24, 2.45) is 10.9 Å². The van der Waals surface area contributed by atoms with Crippen LogP contribution in [0.3, 0.4) is 0 Å². The molecule has 408 valence electrons. The maximum absolute atomic E-state index is 13.1. The Morgan fingerprint density at radius 1 is 0.633 bits per heavy atom. The molecule has 0 saturated carbocycles. The van der Waals surface area contributed by atoms with Crippen molar-refractivity contribution < 1.29 is 36.5 Å². The van der Waals surface area contributed by atoms with Gasteiger partial charge in [-0.05, 0) is 104 Å². The first-order chi connectivity index (χ1) is 37.7. The number of hydrogen-bond acceptors (Lipinski definition) is 13. The molecule has 0 aliphatic heterocycles. The third-order valence-corrected chi connectivity index (χ3v) is 15.2. The number of aliphatic hydroxyl groups excluding tert-OH is 2. The van der Waals surface area contributed by atoms with Crippen LogP contribution >= 0.6 is 0 Å². The van der Waals surface area contributed by atoms with Crippen LogP contribution in [0.15, 0.2) is 168 Å². The van der Waals surface area contributed by atoms with Gasteiger partial charge < -0.3 is 36.1 Å². The lowest BCUT2D eigenvalue weighted by atomic mass is 10.0. The van der Waals surface area contributed by atoms with E-state index in [1.165, 1.54) is 6.07 Å². The molecule has 0 amide bonds. The number of aliphatic hydroxyl groups is 2. The zero-order valence-corrected chi connectivity index (χ0v) is 46.0. The zero-order chi connectivity index (χ0) is 56.9. The van der Waals surface area contributed by atoms with E-state index < -0.39 is 25.6 Å². The Hall–Kier alpha value is -8.48. The fourth-order valence-electron chi connectivity index (χ4n) is 8.42. The van der Waals surface area contributed by atoms with E-state index in [2.05, 4.69) is 30.2 Å². The molecule has 8 aromatic rings. The minimum atomic E-state index is -3.85. The van der Waals surface area contributed by atoms with Gasteiger partial charge in [0, 0.05) is 70.2 Å². The van der Waals surface area contributed by atoms with E-state index in [9.17, 15) is 27.0 Å². The third kappa shape index (κ3) is 15.4. The topological polar surface area (TPSA) is 269 Å². The molecule has 0 aliphatic carbocycles. The van der Waals surface area contributed by atoms with Gasteiger partial charge in [-0.3, -0.25) is 15.4 Å². The van der Waals surface area contributed by atoms with E-state index >= 15 is 0 Å². The number of nitrogens with two attached hydrogens (primary N) is 2. The summed E-state index contributed by atoms with van der Waals surface area (Å²) < 4.78 is 64.9. The smallest absolute Gasteiger partial charge is 0.241 e. The van der Waals surface area contributed by atoms with E-state index in [0.29, 0.717) is 69.5 Å². The van der Waals surface area contributed by atoms with Crippen LogP contribution in [0.1, 0.15) is 71.1 Å². The quantitative estimate of drug-likeness (QED) is 0.0201. The summed E-state index contributed by atoms with van der Waals surface area (Å²) >= 11 is 0. The van der Waals surface area contributed by atoms with Gasteiger partial charge in [0.25, 0.3) is 0 Å². The summed E-state index contributed by atoms with van der Waals surface area (Å²) in [4.78, 5) is 12.6. The second kappa shape index (κ2) is 25.8. The van der Waals surface area contributed by atoms with Crippen LogP contribution in [-0.4, -0.2) is 48.4 Å². The molecule has 2 heterocycles. The molecule has 0 unspecified atom stereocenters. The number of nitrogens with one attached hydrogen (secondary N) is 4. The van der Waals surface area contributed by atoms with Crippen molar-refractivity contribution >= 4 is 42.9 Å². The molecule has 6 aromatic carbocycles. The molecule has 0 radical (unpaired) electrons. The molecule has 0 spiro atoms. The average molecular weight is 1100 g/mol. The van der Waals surface area contributed by atoms with Crippen molar-refractivity contribution in [1.29, 1.82) is 5.41 Å². The van der Waals surface area contributed by atoms with E-state index in [0.717, 1.165) is 44.8 Å². The van der Waals surface area contributed by atoms with Crippen molar-refractivity contribution in [2.45, 2.75) is 89.5 Å². The van der Waals surface area contributed by atoms with Crippen LogP contribution in [-0.2, 0) is 59.6 Å². The number of pyridine rings is 2. The molecule has 0 saturated heterocycles. The molecule has 19 heteroatoms. The average Bonchev–Trinajstić information content (AvgIpc) is 3.43. The first-order valence-electron chi connectivity index (χ1n) is 24.9. The van der Waals surface area contributed by atoms with Crippen LogP contribution in [0.5, 0.6) is 11.5 Å².